The number of rotatable bonds is 5. The average Bonchev–Trinajstić information content (AvgIpc) is 3.11. The first-order chi connectivity index (χ1) is 13.9. The fourth-order valence-corrected chi connectivity index (χ4v) is 6.19. The van der Waals surface area contributed by atoms with E-state index in [9.17, 15) is 8.42 Å². The third kappa shape index (κ3) is 3.29. The predicted octanol–water partition coefficient (Wildman–Crippen LogP) is 3.34. The molecule has 2 heterocycles. The maximum atomic E-state index is 12.5. The minimum atomic E-state index is -3.50. The lowest BCUT2D eigenvalue weighted by Crippen LogP contribution is -2.60. The first-order valence-corrected chi connectivity index (χ1v) is 11.5. The summed E-state index contributed by atoms with van der Waals surface area (Å²) in [4.78, 5) is 14.3. The average molecular weight is 432 g/mol. The molecule has 2 aliphatic rings. The van der Waals surface area contributed by atoms with Gasteiger partial charge in [-0.15, -0.1) is 0 Å². The summed E-state index contributed by atoms with van der Waals surface area (Å²) in [6.07, 6.45) is 7.34. The molecule has 7 nitrogen and oxygen atoms in total. The second kappa shape index (κ2) is 6.68. The lowest BCUT2D eigenvalue weighted by molar-refractivity contribution is -0.0120. The van der Waals surface area contributed by atoms with E-state index in [0.29, 0.717) is 11.1 Å². The molecule has 0 bridgehead atoms. The predicted molar refractivity (Wildman–Crippen MR) is 113 cm³/mol. The standard InChI is InChI=1S/C20H22ClN5O2S/c1-26(19-17-6-7-22-18(17)23-12-24-19)15-10-20(11-15)8-14(9-20)25-29(27,28)16-4-2-13(21)3-5-16/h2-7,12,14-15,25H,8-11H2,1H3,(H,22,23,24). The van der Waals surface area contributed by atoms with Crippen molar-refractivity contribution in [2.24, 2.45) is 5.41 Å². The SMILES string of the molecule is CN(c1ncnc2[nH]ccc12)C1CC2(CC(NS(=O)(=O)c3ccc(Cl)cc3)C2)C1. The molecule has 0 amide bonds. The summed E-state index contributed by atoms with van der Waals surface area (Å²) >= 11 is 5.85. The molecule has 0 atom stereocenters. The number of hydrogen-bond acceptors (Lipinski definition) is 5. The van der Waals surface area contributed by atoms with Crippen LogP contribution in [0.1, 0.15) is 25.7 Å². The van der Waals surface area contributed by atoms with Gasteiger partial charge in [0, 0.05) is 30.4 Å². The van der Waals surface area contributed by atoms with Gasteiger partial charge in [-0.2, -0.15) is 0 Å². The minimum absolute atomic E-state index is 0.00244. The van der Waals surface area contributed by atoms with Crippen LogP contribution < -0.4 is 9.62 Å². The molecule has 0 aliphatic heterocycles. The Bertz CT molecular complexity index is 1150. The molecule has 2 aromatic heterocycles. The Balaban J connectivity index is 1.19. The summed E-state index contributed by atoms with van der Waals surface area (Å²) in [5.74, 6) is 0.940. The Kier molecular flexibility index (Phi) is 4.34. The normalized spacial score (nSPS) is 26.3. The Morgan fingerprint density at radius 1 is 1.14 bits per heavy atom. The molecule has 3 aromatic rings. The molecule has 2 saturated carbocycles. The fourth-order valence-electron chi connectivity index (χ4n) is 4.83. The van der Waals surface area contributed by atoms with Crippen molar-refractivity contribution in [2.45, 2.75) is 42.7 Å². The van der Waals surface area contributed by atoms with E-state index < -0.39 is 10.0 Å². The smallest absolute Gasteiger partial charge is 0.240 e. The number of H-pyrrole nitrogens is 1. The van der Waals surface area contributed by atoms with Crippen molar-refractivity contribution in [1.82, 2.24) is 19.7 Å². The second-order valence-corrected chi connectivity index (χ2v) is 10.4. The molecule has 1 spiro atoms. The van der Waals surface area contributed by atoms with Crippen molar-refractivity contribution in [1.29, 1.82) is 0 Å². The van der Waals surface area contributed by atoms with Crippen molar-refractivity contribution in [2.75, 3.05) is 11.9 Å². The van der Waals surface area contributed by atoms with Crippen LogP contribution in [0.25, 0.3) is 11.0 Å². The van der Waals surface area contributed by atoms with Gasteiger partial charge in [0.25, 0.3) is 0 Å². The number of anilines is 1. The maximum absolute atomic E-state index is 12.5. The van der Waals surface area contributed by atoms with Gasteiger partial charge in [0.1, 0.15) is 17.8 Å². The van der Waals surface area contributed by atoms with Crippen LogP contribution >= 0.6 is 11.6 Å². The molecule has 1 aromatic carbocycles. The first-order valence-electron chi connectivity index (χ1n) is 9.64. The van der Waals surface area contributed by atoms with Gasteiger partial charge in [-0.05, 0) is 61.4 Å². The molecule has 2 N–H and O–H groups in total. The van der Waals surface area contributed by atoms with Crippen molar-refractivity contribution in [3.8, 4) is 0 Å². The number of aromatic amines is 1. The van der Waals surface area contributed by atoms with E-state index >= 15 is 0 Å². The number of fused-ring (bicyclic) bond motifs is 1. The molecule has 0 saturated heterocycles. The van der Waals surface area contributed by atoms with Crippen LogP contribution in [-0.4, -0.2) is 42.5 Å². The van der Waals surface area contributed by atoms with Gasteiger partial charge in [0.15, 0.2) is 0 Å². The number of nitrogens with zero attached hydrogens (tertiary/aromatic N) is 3. The molecular weight excluding hydrogens is 410 g/mol. The first kappa shape index (κ1) is 18.8. The van der Waals surface area contributed by atoms with Crippen LogP contribution in [0.2, 0.25) is 5.02 Å². The van der Waals surface area contributed by atoms with Crippen molar-refractivity contribution < 1.29 is 8.42 Å². The summed E-state index contributed by atoms with van der Waals surface area (Å²) in [6.45, 7) is 0. The quantitative estimate of drug-likeness (QED) is 0.646. The maximum Gasteiger partial charge on any atom is 0.240 e. The van der Waals surface area contributed by atoms with Crippen LogP contribution in [0.3, 0.4) is 0 Å². The van der Waals surface area contributed by atoms with Gasteiger partial charge < -0.3 is 9.88 Å². The van der Waals surface area contributed by atoms with Crippen LogP contribution in [0, 0.1) is 5.41 Å². The monoisotopic (exact) mass is 431 g/mol. The summed E-state index contributed by atoms with van der Waals surface area (Å²) < 4.78 is 27.9. The van der Waals surface area contributed by atoms with Crippen LogP contribution in [0.15, 0.2) is 47.8 Å². The van der Waals surface area contributed by atoms with Gasteiger partial charge in [-0.1, -0.05) is 11.6 Å². The number of hydrogen-bond donors (Lipinski definition) is 2. The van der Waals surface area contributed by atoms with Crippen LogP contribution in [-0.2, 0) is 10.0 Å². The summed E-state index contributed by atoms with van der Waals surface area (Å²) in [7, 11) is -1.43. The molecule has 29 heavy (non-hydrogen) atoms. The number of nitrogens with one attached hydrogen (secondary N) is 2. The van der Waals surface area contributed by atoms with Gasteiger partial charge in [0.2, 0.25) is 10.0 Å². The third-order valence-corrected chi connectivity index (χ3v) is 8.14. The molecule has 0 radical (unpaired) electrons. The molecule has 9 heteroatoms. The van der Waals surface area contributed by atoms with Gasteiger partial charge in [0.05, 0.1) is 10.3 Å². The highest BCUT2D eigenvalue weighted by Gasteiger charge is 2.54. The number of aromatic nitrogens is 3. The van der Waals surface area contributed by atoms with Crippen molar-refractivity contribution in [3.05, 3.63) is 47.9 Å². The third-order valence-electron chi connectivity index (χ3n) is 6.36. The lowest BCUT2D eigenvalue weighted by atomic mass is 9.52. The van der Waals surface area contributed by atoms with Crippen molar-refractivity contribution in [3.63, 3.8) is 0 Å². The van der Waals surface area contributed by atoms with Gasteiger partial charge >= 0.3 is 0 Å². The molecular formula is C20H22ClN5O2S. The molecule has 5 rings (SSSR count). The molecule has 2 aliphatic carbocycles. The van der Waals surface area contributed by atoms with E-state index in [1.165, 1.54) is 12.1 Å². The van der Waals surface area contributed by atoms with Gasteiger partial charge in [-0.25, -0.2) is 23.1 Å². The van der Waals surface area contributed by atoms with Crippen LogP contribution in [0.5, 0.6) is 0 Å². The molecule has 0 unspecified atom stereocenters. The highest BCUT2D eigenvalue weighted by molar-refractivity contribution is 7.89. The lowest BCUT2D eigenvalue weighted by Gasteiger charge is -2.59. The summed E-state index contributed by atoms with van der Waals surface area (Å²) in [5, 5.41) is 1.55. The van der Waals surface area contributed by atoms with E-state index in [0.717, 1.165) is 42.5 Å². The van der Waals surface area contributed by atoms with Crippen LogP contribution in [0.4, 0.5) is 5.82 Å². The fraction of sp³-hybridized carbons (Fsp3) is 0.400. The zero-order chi connectivity index (χ0) is 20.2. The topological polar surface area (TPSA) is 91.0 Å². The summed E-state index contributed by atoms with van der Waals surface area (Å²) in [6, 6.07) is 8.68. The molecule has 152 valence electrons. The van der Waals surface area contributed by atoms with Gasteiger partial charge in [-0.3, -0.25) is 0 Å². The van der Waals surface area contributed by atoms with E-state index in [2.05, 4.69) is 31.6 Å². The Hall–Kier alpha value is -2.16. The highest BCUT2D eigenvalue weighted by Crippen LogP contribution is 2.57. The largest absolute Gasteiger partial charge is 0.356 e. The number of sulfonamides is 1. The van der Waals surface area contributed by atoms with E-state index in [-0.39, 0.29) is 16.4 Å². The summed E-state index contributed by atoms with van der Waals surface area (Å²) in [5.41, 5.74) is 1.09. The number of benzene rings is 1. The zero-order valence-electron chi connectivity index (χ0n) is 16.0. The van der Waals surface area contributed by atoms with E-state index in [1.807, 2.05) is 12.3 Å². The Morgan fingerprint density at radius 3 is 2.59 bits per heavy atom. The van der Waals surface area contributed by atoms with Crippen molar-refractivity contribution >= 4 is 38.5 Å². The minimum Gasteiger partial charge on any atom is -0.356 e. The molecule has 2 fully saturated rings. The second-order valence-electron chi connectivity index (χ2n) is 8.29. The number of halogens is 1. The Labute approximate surface area is 174 Å². The Morgan fingerprint density at radius 2 is 1.86 bits per heavy atom. The van der Waals surface area contributed by atoms with E-state index in [1.54, 1.807) is 18.5 Å². The highest BCUT2D eigenvalue weighted by atomic mass is 35.5. The zero-order valence-corrected chi connectivity index (χ0v) is 17.5. The van der Waals surface area contributed by atoms with E-state index in [4.69, 9.17) is 11.6 Å².